The Bertz CT molecular complexity index is 774. The third-order valence-corrected chi connectivity index (χ3v) is 3.76. The quantitative estimate of drug-likeness (QED) is 0.632. The van der Waals surface area contributed by atoms with Crippen LogP contribution in [0.25, 0.3) is 22.3 Å². The molecule has 0 aromatic heterocycles. The first-order valence-electron chi connectivity index (χ1n) is 7.38. The van der Waals surface area contributed by atoms with E-state index < -0.39 is 0 Å². The van der Waals surface area contributed by atoms with Crippen LogP contribution < -0.4 is 0 Å². The molecule has 3 aromatic rings. The number of aromatic hydroxyl groups is 1. The Kier molecular flexibility index (Phi) is 4.06. The van der Waals surface area contributed by atoms with Crippen LogP contribution in [0.2, 0.25) is 0 Å². The van der Waals surface area contributed by atoms with Crippen molar-refractivity contribution in [2.45, 2.75) is 6.42 Å². The van der Waals surface area contributed by atoms with Crippen LogP contribution in [-0.2, 0) is 6.42 Å². The molecular weight excluding hydrogens is 268 g/mol. The zero-order valence-electron chi connectivity index (χ0n) is 12.4. The Morgan fingerprint density at radius 1 is 0.727 bits per heavy atom. The fourth-order valence-corrected chi connectivity index (χ4v) is 2.79. The Morgan fingerprint density at radius 2 is 1.27 bits per heavy atom. The maximum atomic E-state index is 10.5. The van der Waals surface area contributed by atoms with Crippen LogP contribution in [-0.4, -0.2) is 5.11 Å². The van der Waals surface area contributed by atoms with Crippen molar-refractivity contribution in [1.82, 2.24) is 0 Å². The van der Waals surface area contributed by atoms with E-state index in [1.165, 1.54) is 0 Å². The van der Waals surface area contributed by atoms with Crippen molar-refractivity contribution in [3.05, 3.63) is 91.0 Å². The first kappa shape index (κ1) is 14.2. The summed E-state index contributed by atoms with van der Waals surface area (Å²) in [5, 5.41) is 10.5. The summed E-state index contributed by atoms with van der Waals surface area (Å²) in [6, 6.07) is 24.0. The van der Waals surface area contributed by atoms with E-state index in [0.717, 1.165) is 34.2 Å². The van der Waals surface area contributed by atoms with Gasteiger partial charge in [-0.05, 0) is 34.7 Å². The average molecular weight is 286 g/mol. The molecule has 22 heavy (non-hydrogen) atoms. The minimum atomic E-state index is 0.304. The van der Waals surface area contributed by atoms with E-state index in [4.69, 9.17) is 0 Å². The van der Waals surface area contributed by atoms with Crippen molar-refractivity contribution in [1.29, 1.82) is 0 Å². The van der Waals surface area contributed by atoms with Crippen LogP contribution in [0, 0.1) is 0 Å². The van der Waals surface area contributed by atoms with E-state index in [1.807, 2.05) is 60.7 Å². The van der Waals surface area contributed by atoms with Gasteiger partial charge in [-0.1, -0.05) is 72.8 Å². The molecular formula is C21H18O. The predicted octanol–water partition coefficient (Wildman–Crippen LogP) is 5.45. The first-order chi connectivity index (χ1) is 10.8. The standard InChI is InChI=1S/C21H18O/c1-2-9-16-14-15-19(22)21(18-12-7-4-8-13-18)20(16)17-10-5-3-6-11-17/h2-8,10-15,22H,1,9H2. The summed E-state index contributed by atoms with van der Waals surface area (Å²) in [5.41, 5.74) is 5.24. The highest BCUT2D eigenvalue weighted by Gasteiger charge is 2.15. The second-order valence-corrected chi connectivity index (χ2v) is 5.22. The lowest BCUT2D eigenvalue weighted by atomic mass is 9.88. The molecule has 1 N–H and O–H groups in total. The third-order valence-electron chi connectivity index (χ3n) is 3.76. The number of hydrogen-bond acceptors (Lipinski definition) is 1. The number of rotatable bonds is 4. The Morgan fingerprint density at radius 3 is 1.82 bits per heavy atom. The van der Waals surface area contributed by atoms with E-state index in [9.17, 15) is 5.11 Å². The third kappa shape index (κ3) is 2.66. The van der Waals surface area contributed by atoms with Gasteiger partial charge in [0, 0.05) is 5.56 Å². The Labute approximate surface area is 131 Å². The summed E-state index contributed by atoms with van der Waals surface area (Å²) in [6.45, 7) is 3.85. The largest absolute Gasteiger partial charge is 0.507 e. The predicted molar refractivity (Wildman–Crippen MR) is 92.9 cm³/mol. The monoisotopic (exact) mass is 286 g/mol. The smallest absolute Gasteiger partial charge is 0.124 e. The molecule has 0 saturated carbocycles. The lowest BCUT2D eigenvalue weighted by molar-refractivity contribution is 0.477. The molecule has 3 aromatic carbocycles. The summed E-state index contributed by atoms with van der Waals surface area (Å²) in [4.78, 5) is 0. The number of benzene rings is 3. The van der Waals surface area contributed by atoms with E-state index >= 15 is 0 Å². The van der Waals surface area contributed by atoms with Gasteiger partial charge in [-0.15, -0.1) is 6.58 Å². The van der Waals surface area contributed by atoms with Crippen molar-refractivity contribution in [2.75, 3.05) is 0 Å². The average Bonchev–Trinajstić information content (AvgIpc) is 2.58. The van der Waals surface area contributed by atoms with Crippen molar-refractivity contribution in [2.24, 2.45) is 0 Å². The summed E-state index contributed by atoms with van der Waals surface area (Å²) < 4.78 is 0. The highest BCUT2D eigenvalue weighted by atomic mass is 16.3. The maximum Gasteiger partial charge on any atom is 0.124 e. The molecule has 0 fully saturated rings. The van der Waals surface area contributed by atoms with E-state index in [1.54, 1.807) is 6.07 Å². The number of phenolic OH excluding ortho intramolecular Hbond substituents is 1. The Balaban J connectivity index is 2.32. The Hall–Kier alpha value is -2.80. The molecule has 0 spiro atoms. The lowest BCUT2D eigenvalue weighted by Gasteiger charge is -2.16. The fraction of sp³-hybridized carbons (Fsp3) is 0.0476. The van der Waals surface area contributed by atoms with Gasteiger partial charge < -0.3 is 5.11 Å². The van der Waals surface area contributed by atoms with E-state index in [2.05, 4.69) is 18.7 Å². The fourth-order valence-electron chi connectivity index (χ4n) is 2.79. The van der Waals surface area contributed by atoms with Gasteiger partial charge in [-0.25, -0.2) is 0 Å². The van der Waals surface area contributed by atoms with Crippen molar-refractivity contribution < 1.29 is 5.11 Å². The van der Waals surface area contributed by atoms with Crippen LogP contribution >= 0.6 is 0 Å². The number of hydrogen-bond donors (Lipinski definition) is 1. The van der Waals surface area contributed by atoms with Crippen molar-refractivity contribution >= 4 is 0 Å². The zero-order valence-corrected chi connectivity index (χ0v) is 12.4. The SMILES string of the molecule is C=CCc1ccc(O)c(-c2ccccc2)c1-c1ccccc1. The number of allylic oxidation sites excluding steroid dienone is 1. The van der Waals surface area contributed by atoms with Gasteiger partial charge in [0.1, 0.15) is 5.75 Å². The van der Waals surface area contributed by atoms with Gasteiger partial charge in [-0.2, -0.15) is 0 Å². The molecule has 0 saturated heterocycles. The first-order valence-corrected chi connectivity index (χ1v) is 7.38. The highest BCUT2D eigenvalue weighted by Crippen LogP contribution is 2.41. The number of phenols is 1. The van der Waals surface area contributed by atoms with Crippen LogP contribution in [0.5, 0.6) is 5.75 Å². The molecule has 0 bridgehead atoms. The highest BCUT2D eigenvalue weighted by molar-refractivity contribution is 5.89. The molecule has 108 valence electrons. The molecule has 1 heteroatoms. The zero-order chi connectivity index (χ0) is 15.4. The van der Waals surface area contributed by atoms with Crippen LogP contribution in [0.4, 0.5) is 0 Å². The second kappa shape index (κ2) is 6.31. The summed E-state index contributed by atoms with van der Waals surface area (Å²) in [5.74, 6) is 0.304. The van der Waals surface area contributed by atoms with Gasteiger partial charge in [0.25, 0.3) is 0 Å². The second-order valence-electron chi connectivity index (χ2n) is 5.22. The molecule has 0 unspecified atom stereocenters. The van der Waals surface area contributed by atoms with Gasteiger partial charge in [0.2, 0.25) is 0 Å². The molecule has 0 heterocycles. The maximum absolute atomic E-state index is 10.5. The van der Waals surface area contributed by atoms with Crippen LogP contribution in [0.1, 0.15) is 5.56 Å². The molecule has 0 atom stereocenters. The molecule has 1 nitrogen and oxygen atoms in total. The van der Waals surface area contributed by atoms with Gasteiger partial charge in [0.15, 0.2) is 0 Å². The van der Waals surface area contributed by atoms with Gasteiger partial charge in [0.05, 0.1) is 0 Å². The van der Waals surface area contributed by atoms with Gasteiger partial charge in [-0.3, -0.25) is 0 Å². The molecule has 0 radical (unpaired) electrons. The molecule has 0 amide bonds. The van der Waals surface area contributed by atoms with Crippen molar-refractivity contribution in [3.63, 3.8) is 0 Å². The summed E-state index contributed by atoms with van der Waals surface area (Å²) in [7, 11) is 0. The minimum absolute atomic E-state index is 0.304. The van der Waals surface area contributed by atoms with E-state index in [-0.39, 0.29) is 0 Å². The van der Waals surface area contributed by atoms with Crippen LogP contribution in [0.3, 0.4) is 0 Å². The van der Waals surface area contributed by atoms with Gasteiger partial charge >= 0.3 is 0 Å². The molecule has 0 aliphatic carbocycles. The molecule has 0 aliphatic rings. The lowest BCUT2D eigenvalue weighted by Crippen LogP contribution is -1.93. The summed E-state index contributed by atoms with van der Waals surface area (Å²) >= 11 is 0. The minimum Gasteiger partial charge on any atom is -0.507 e. The van der Waals surface area contributed by atoms with Crippen LogP contribution in [0.15, 0.2) is 85.5 Å². The molecule has 3 rings (SSSR count). The van der Waals surface area contributed by atoms with E-state index in [0.29, 0.717) is 5.75 Å². The normalized spacial score (nSPS) is 10.4. The topological polar surface area (TPSA) is 20.2 Å². The molecule has 0 aliphatic heterocycles. The summed E-state index contributed by atoms with van der Waals surface area (Å²) in [6.07, 6.45) is 2.66. The van der Waals surface area contributed by atoms with Crippen molar-refractivity contribution in [3.8, 4) is 28.0 Å².